The van der Waals surface area contributed by atoms with Gasteiger partial charge in [0.15, 0.2) is 0 Å². The highest BCUT2D eigenvalue weighted by Crippen LogP contribution is 2.39. The van der Waals surface area contributed by atoms with Crippen LogP contribution in [-0.2, 0) is 4.74 Å². The average molecular weight is 339 g/mol. The molecular formula is C12H14BrClFNO2. The summed E-state index contributed by atoms with van der Waals surface area (Å²) >= 11 is 3.32. The Morgan fingerprint density at radius 3 is 2.78 bits per heavy atom. The molecule has 1 aliphatic heterocycles. The molecular weight excluding hydrogens is 324 g/mol. The fourth-order valence-electron chi connectivity index (χ4n) is 1.92. The van der Waals surface area contributed by atoms with E-state index in [-0.39, 0.29) is 29.7 Å². The molecule has 1 aromatic carbocycles. The van der Waals surface area contributed by atoms with Crippen LogP contribution in [-0.4, -0.2) is 12.7 Å². The van der Waals surface area contributed by atoms with Gasteiger partial charge in [-0.3, -0.25) is 0 Å². The highest BCUT2D eigenvalue weighted by Gasteiger charge is 2.38. The summed E-state index contributed by atoms with van der Waals surface area (Å²) in [6.07, 6.45) is -0.439. The lowest BCUT2D eigenvalue weighted by Crippen LogP contribution is -2.47. The zero-order valence-corrected chi connectivity index (χ0v) is 12.4. The predicted octanol–water partition coefficient (Wildman–Crippen LogP) is 3.82. The first-order valence-electron chi connectivity index (χ1n) is 5.28. The van der Waals surface area contributed by atoms with Crippen LogP contribution in [0.25, 0.3) is 0 Å². The second-order valence-corrected chi connectivity index (χ2v) is 5.66. The van der Waals surface area contributed by atoms with E-state index in [1.165, 1.54) is 12.1 Å². The largest absolute Gasteiger partial charge is 0.449 e. The van der Waals surface area contributed by atoms with Gasteiger partial charge in [0.2, 0.25) is 0 Å². The van der Waals surface area contributed by atoms with Gasteiger partial charge >= 0.3 is 6.09 Å². The maximum absolute atomic E-state index is 13.0. The Balaban J connectivity index is 0.00000162. The predicted molar refractivity (Wildman–Crippen MR) is 72.4 cm³/mol. The van der Waals surface area contributed by atoms with Crippen LogP contribution in [0.15, 0.2) is 22.7 Å². The Hall–Kier alpha value is -0.810. The molecule has 1 atom stereocenters. The molecule has 0 bridgehead atoms. The number of alkyl carbamates (subject to hydrolysis) is 1. The number of hydrogen-bond donors (Lipinski definition) is 1. The quantitative estimate of drug-likeness (QED) is 0.845. The van der Waals surface area contributed by atoms with Gasteiger partial charge in [0.25, 0.3) is 0 Å². The number of carbonyl (C=O) groups is 1. The van der Waals surface area contributed by atoms with Gasteiger partial charge in [-0.2, -0.15) is 0 Å². The Labute approximate surface area is 120 Å². The maximum atomic E-state index is 13.0. The molecule has 100 valence electrons. The molecule has 0 aromatic heterocycles. The summed E-state index contributed by atoms with van der Waals surface area (Å²) in [5.41, 5.74) is 0.613. The lowest BCUT2D eigenvalue weighted by Gasteiger charge is -2.38. The van der Waals surface area contributed by atoms with Crippen molar-refractivity contribution >= 4 is 34.4 Å². The molecule has 0 spiro atoms. The molecule has 1 aromatic rings. The fourth-order valence-corrected chi connectivity index (χ4v) is 2.50. The van der Waals surface area contributed by atoms with Gasteiger partial charge in [-0.1, -0.05) is 35.8 Å². The van der Waals surface area contributed by atoms with Gasteiger partial charge in [-0.05, 0) is 17.7 Å². The summed E-state index contributed by atoms with van der Waals surface area (Å²) < 4.78 is 18.7. The number of benzene rings is 1. The number of ether oxygens (including phenoxy) is 1. The van der Waals surface area contributed by atoms with Gasteiger partial charge in [0.05, 0.1) is 6.04 Å². The van der Waals surface area contributed by atoms with E-state index in [2.05, 4.69) is 21.2 Å². The Morgan fingerprint density at radius 2 is 2.17 bits per heavy atom. The van der Waals surface area contributed by atoms with Crippen LogP contribution in [0.3, 0.4) is 0 Å². The number of nitrogens with one attached hydrogen (secondary N) is 1. The topological polar surface area (TPSA) is 38.3 Å². The molecule has 1 N–H and O–H groups in total. The van der Waals surface area contributed by atoms with E-state index in [0.717, 1.165) is 5.56 Å². The normalized spacial score (nSPS) is 21.6. The lowest BCUT2D eigenvalue weighted by atomic mass is 9.80. The van der Waals surface area contributed by atoms with Crippen LogP contribution in [0.2, 0.25) is 0 Å². The van der Waals surface area contributed by atoms with Crippen LogP contribution in [0.1, 0.15) is 25.5 Å². The zero-order chi connectivity index (χ0) is 12.6. The third kappa shape index (κ3) is 2.95. The minimum Gasteiger partial charge on any atom is -0.449 e. The van der Waals surface area contributed by atoms with Gasteiger partial charge < -0.3 is 10.1 Å². The highest BCUT2D eigenvalue weighted by atomic mass is 79.9. The molecule has 1 saturated heterocycles. The number of amides is 1. The van der Waals surface area contributed by atoms with E-state index in [4.69, 9.17) is 4.74 Å². The number of rotatable bonds is 1. The van der Waals surface area contributed by atoms with E-state index < -0.39 is 6.09 Å². The molecule has 0 aliphatic carbocycles. The molecule has 18 heavy (non-hydrogen) atoms. The third-order valence-electron chi connectivity index (χ3n) is 2.89. The smallest absolute Gasteiger partial charge is 0.407 e. The number of halogens is 3. The Kier molecular flexibility index (Phi) is 4.61. The van der Waals surface area contributed by atoms with Gasteiger partial charge in [0, 0.05) is 9.89 Å². The van der Waals surface area contributed by atoms with E-state index >= 15 is 0 Å². The van der Waals surface area contributed by atoms with Gasteiger partial charge in [0.1, 0.15) is 12.4 Å². The van der Waals surface area contributed by atoms with Crippen LogP contribution in [0.4, 0.5) is 9.18 Å². The van der Waals surface area contributed by atoms with Crippen molar-refractivity contribution in [3.05, 3.63) is 34.1 Å². The monoisotopic (exact) mass is 337 g/mol. The van der Waals surface area contributed by atoms with Crippen LogP contribution in [0, 0.1) is 11.2 Å². The summed E-state index contributed by atoms with van der Waals surface area (Å²) in [6.45, 7) is 4.33. The van der Waals surface area contributed by atoms with Crippen LogP contribution in [0.5, 0.6) is 0 Å². The van der Waals surface area contributed by atoms with E-state index in [0.29, 0.717) is 11.1 Å². The molecule has 0 saturated carbocycles. The van der Waals surface area contributed by atoms with E-state index in [9.17, 15) is 9.18 Å². The molecule has 1 heterocycles. The van der Waals surface area contributed by atoms with Crippen molar-refractivity contribution in [2.45, 2.75) is 19.9 Å². The van der Waals surface area contributed by atoms with Gasteiger partial charge in [-0.25, -0.2) is 9.18 Å². The second-order valence-electron chi connectivity index (χ2n) is 4.81. The minimum atomic E-state index is -0.439. The number of carbonyl (C=O) groups excluding carboxylic acids is 1. The summed E-state index contributed by atoms with van der Waals surface area (Å²) in [5, 5.41) is 2.77. The molecule has 3 nitrogen and oxygen atoms in total. The van der Waals surface area contributed by atoms with Crippen molar-refractivity contribution in [1.82, 2.24) is 5.32 Å². The van der Waals surface area contributed by atoms with E-state index in [1.54, 1.807) is 6.07 Å². The molecule has 1 fully saturated rings. The molecule has 1 amide bonds. The first-order valence-corrected chi connectivity index (χ1v) is 6.08. The zero-order valence-electron chi connectivity index (χ0n) is 10.00. The average Bonchev–Trinajstić information content (AvgIpc) is 2.23. The van der Waals surface area contributed by atoms with Crippen LogP contribution >= 0.6 is 28.3 Å². The van der Waals surface area contributed by atoms with E-state index in [1.807, 2.05) is 13.8 Å². The summed E-state index contributed by atoms with van der Waals surface area (Å²) in [5.74, 6) is -0.309. The lowest BCUT2D eigenvalue weighted by molar-refractivity contribution is 0.0385. The standard InChI is InChI=1S/C12H13BrFNO2.ClH/c1-12(2)6-17-11(16)15-10(12)8-4-3-7(14)5-9(8)13;/h3-5,10H,6H2,1-2H3,(H,15,16);1H/t10-;/m1./s1. The minimum absolute atomic E-state index is 0. The number of cyclic esters (lactones) is 1. The molecule has 6 heteroatoms. The Bertz CT molecular complexity index is 467. The maximum Gasteiger partial charge on any atom is 0.407 e. The summed E-state index contributed by atoms with van der Waals surface area (Å²) in [7, 11) is 0. The molecule has 2 rings (SSSR count). The highest BCUT2D eigenvalue weighted by molar-refractivity contribution is 9.10. The van der Waals surface area contributed by atoms with Crippen molar-refractivity contribution < 1.29 is 13.9 Å². The van der Waals surface area contributed by atoms with Crippen molar-refractivity contribution in [3.63, 3.8) is 0 Å². The van der Waals surface area contributed by atoms with Crippen LogP contribution < -0.4 is 5.32 Å². The summed E-state index contributed by atoms with van der Waals surface area (Å²) in [6, 6.07) is 4.26. The number of hydrogen-bond acceptors (Lipinski definition) is 2. The van der Waals surface area contributed by atoms with Crippen molar-refractivity contribution in [2.24, 2.45) is 5.41 Å². The van der Waals surface area contributed by atoms with Crippen molar-refractivity contribution in [3.8, 4) is 0 Å². The van der Waals surface area contributed by atoms with Crippen molar-refractivity contribution in [2.75, 3.05) is 6.61 Å². The first kappa shape index (κ1) is 15.2. The van der Waals surface area contributed by atoms with Crippen molar-refractivity contribution in [1.29, 1.82) is 0 Å². The first-order chi connectivity index (χ1) is 7.90. The molecule has 0 unspecified atom stereocenters. The van der Waals surface area contributed by atoms with Gasteiger partial charge in [-0.15, -0.1) is 12.4 Å². The third-order valence-corrected chi connectivity index (χ3v) is 3.58. The summed E-state index contributed by atoms with van der Waals surface area (Å²) in [4.78, 5) is 11.3. The molecule has 1 aliphatic rings. The Morgan fingerprint density at radius 1 is 1.50 bits per heavy atom. The fraction of sp³-hybridized carbons (Fsp3) is 0.417. The second kappa shape index (κ2) is 5.45. The molecule has 0 radical (unpaired) electrons. The SMILES string of the molecule is CC1(C)COC(=O)N[C@@H]1c1ccc(F)cc1Br.Cl.